The first-order valence-electron chi connectivity index (χ1n) is 9.19. The number of hydrogen-bond donors (Lipinski definition) is 2. The van der Waals surface area contributed by atoms with Gasteiger partial charge in [-0.2, -0.15) is 0 Å². The maximum Gasteiger partial charge on any atom is 0.323 e. The number of benzene rings is 3. The van der Waals surface area contributed by atoms with Crippen molar-refractivity contribution in [3.05, 3.63) is 95.6 Å². The summed E-state index contributed by atoms with van der Waals surface area (Å²) in [6.45, 7) is 1.84. The predicted molar refractivity (Wildman–Crippen MR) is 113 cm³/mol. The van der Waals surface area contributed by atoms with E-state index in [1.165, 1.54) is 24.3 Å². The number of urea groups is 1. The highest BCUT2D eigenvalue weighted by Crippen LogP contribution is 2.20. The summed E-state index contributed by atoms with van der Waals surface area (Å²) in [5.74, 6) is -0.573. The first-order chi connectivity index (χ1) is 14.5. The Hall–Kier alpha value is -4.13. The number of nitrogens with one attached hydrogen (secondary N) is 2. The number of aromatic nitrogens is 2. The summed E-state index contributed by atoms with van der Waals surface area (Å²) in [5, 5.41) is 5.32. The van der Waals surface area contributed by atoms with Gasteiger partial charge in [0.2, 0.25) is 0 Å². The molecule has 2 N–H and O–H groups in total. The Kier molecular flexibility index (Phi) is 5.17. The van der Waals surface area contributed by atoms with Crippen molar-refractivity contribution in [2.45, 2.75) is 6.92 Å². The van der Waals surface area contributed by atoms with Crippen molar-refractivity contribution in [3.63, 3.8) is 0 Å². The lowest BCUT2D eigenvalue weighted by Gasteiger charge is -2.10. The number of halogens is 1. The van der Waals surface area contributed by atoms with E-state index < -0.39 is 6.03 Å². The van der Waals surface area contributed by atoms with Gasteiger partial charge < -0.3 is 10.6 Å². The van der Waals surface area contributed by atoms with E-state index in [-0.39, 0.29) is 11.6 Å². The van der Waals surface area contributed by atoms with E-state index in [4.69, 9.17) is 0 Å². The molecule has 0 aliphatic rings. The smallest absolute Gasteiger partial charge is 0.308 e. The molecule has 1 heterocycles. The Balaban J connectivity index is 1.55. The molecule has 0 saturated heterocycles. The molecule has 1 aromatic heterocycles. The second-order valence-corrected chi connectivity index (χ2v) is 6.76. The summed E-state index contributed by atoms with van der Waals surface area (Å²) >= 11 is 0. The molecule has 0 unspecified atom stereocenters. The van der Waals surface area contributed by atoms with Crippen molar-refractivity contribution in [1.82, 2.24) is 9.97 Å². The summed E-state index contributed by atoms with van der Waals surface area (Å²) < 4.78 is 13.0. The average molecular weight is 400 g/mol. The van der Waals surface area contributed by atoms with Crippen LogP contribution in [0.25, 0.3) is 11.0 Å². The van der Waals surface area contributed by atoms with Crippen molar-refractivity contribution in [2.24, 2.45) is 0 Å². The van der Waals surface area contributed by atoms with Crippen LogP contribution in [0, 0.1) is 12.7 Å². The van der Waals surface area contributed by atoms with Gasteiger partial charge in [-0.25, -0.2) is 9.18 Å². The summed E-state index contributed by atoms with van der Waals surface area (Å²) in [7, 11) is 0. The number of ketones is 1. The molecule has 0 aliphatic carbocycles. The van der Waals surface area contributed by atoms with Crippen LogP contribution < -0.4 is 10.6 Å². The molecule has 4 rings (SSSR count). The summed E-state index contributed by atoms with van der Waals surface area (Å²) in [6.07, 6.45) is 3.17. The molecule has 0 bridgehead atoms. The third kappa shape index (κ3) is 4.30. The van der Waals surface area contributed by atoms with E-state index in [1.54, 1.807) is 48.8 Å². The molecule has 0 fully saturated rings. The zero-order valence-electron chi connectivity index (χ0n) is 16.0. The fourth-order valence-electron chi connectivity index (χ4n) is 3.08. The molecule has 7 heteroatoms. The first kappa shape index (κ1) is 19.2. The van der Waals surface area contributed by atoms with Gasteiger partial charge in [0.05, 0.1) is 11.0 Å². The molecular formula is C23H17FN4O2. The Labute approximate surface area is 171 Å². The first-order valence-corrected chi connectivity index (χ1v) is 9.19. The third-order valence-electron chi connectivity index (χ3n) is 4.43. The van der Waals surface area contributed by atoms with Gasteiger partial charge in [0.15, 0.2) is 5.78 Å². The molecule has 148 valence electrons. The zero-order valence-corrected chi connectivity index (χ0v) is 16.0. The highest BCUT2D eigenvalue weighted by atomic mass is 19.1. The largest absolute Gasteiger partial charge is 0.323 e. The summed E-state index contributed by atoms with van der Waals surface area (Å²) in [6, 6.07) is 15.2. The number of amides is 2. The minimum absolute atomic E-state index is 0.187. The van der Waals surface area contributed by atoms with Crippen LogP contribution >= 0.6 is 0 Å². The third-order valence-corrected chi connectivity index (χ3v) is 4.43. The molecule has 6 nitrogen and oxygen atoms in total. The van der Waals surface area contributed by atoms with Crippen LogP contribution in [0.1, 0.15) is 21.5 Å². The van der Waals surface area contributed by atoms with Gasteiger partial charge >= 0.3 is 6.03 Å². The van der Waals surface area contributed by atoms with Gasteiger partial charge in [0.1, 0.15) is 5.82 Å². The van der Waals surface area contributed by atoms with Crippen LogP contribution in [0.15, 0.2) is 73.1 Å². The highest BCUT2D eigenvalue weighted by Gasteiger charge is 2.13. The van der Waals surface area contributed by atoms with Crippen molar-refractivity contribution in [1.29, 1.82) is 0 Å². The fourth-order valence-corrected chi connectivity index (χ4v) is 3.08. The van der Waals surface area contributed by atoms with Crippen LogP contribution in [0.2, 0.25) is 0 Å². The Bertz CT molecular complexity index is 1260. The molecule has 0 aliphatic heterocycles. The monoisotopic (exact) mass is 400 g/mol. The van der Waals surface area contributed by atoms with Crippen LogP contribution in [0.5, 0.6) is 0 Å². The Morgan fingerprint density at radius 3 is 2.23 bits per heavy atom. The number of nitrogens with zero attached hydrogens (tertiary/aromatic N) is 2. The van der Waals surface area contributed by atoms with Crippen molar-refractivity contribution in [3.8, 4) is 0 Å². The maximum absolute atomic E-state index is 13.0. The molecule has 0 atom stereocenters. The normalized spacial score (nSPS) is 10.6. The van der Waals surface area contributed by atoms with E-state index in [0.29, 0.717) is 33.5 Å². The van der Waals surface area contributed by atoms with E-state index in [2.05, 4.69) is 20.6 Å². The average Bonchev–Trinajstić information content (AvgIpc) is 2.74. The lowest BCUT2D eigenvalue weighted by molar-refractivity contribution is 0.103. The van der Waals surface area contributed by atoms with Crippen LogP contribution in [0.3, 0.4) is 0 Å². The van der Waals surface area contributed by atoms with Crippen molar-refractivity contribution >= 4 is 34.2 Å². The van der Waals surface area contributed by atoms with Crippen LogP contribution in [0.4, 0.5) is 20.6 Å². The van der Waals surface area contributed by atoms with Crippen molar-refractivity contribution < 1.29 is 14.0 Å². The van der Waals surface area contributed by atoms with Crippen molar-refractivity contribution in [2.75, 3.05) is 10.6 Å². The number of fused-ring (bicyclic) bond motifs is 1. The summed E-state index contributed by atoms with van der Waals surface area (Å²) in [5.41, 5.74) is 4.00. The maximum atomic E-state index is 13.0. The van der Waals surface area contributed by atoms with Gasteiger partial charge in [-0.05, 0) is 73.2 Å². The van der Waals surface area contributed by atoms with E-state index >= 15 is 0 Å². The standard InChI is InChI=1S/C23H17FN4O2/c1-14-10-16(22(29)15-2-7-20-21(13-15)26-9-8-25-20)12-19(11-14)28-23(30)27-18-5-3-17(24)4-6-18/h2-13H,1H3,(H2,27,28,30). The summed E-state index contributed by atoms with van der Waals surface area (Å²) in [4.78, 5) is 33.7. The molecule has 4 aromatic rings. The second kappa shape index (κ2) is 8.08. The number of aryl methyl sites for hydroxylation is 1. The predicted octanol–water partition coefficient (Wildman–Crippen LogP) is 4.95. The lowest BCUT2D eigenvalue weighted by atomic mass is 10.0. The van der Waals surface area contributed by atoms with E-state index in [1.807, 2.05) is 6.92 Å². The number of rotatable bonds is 4. The van der Waals surface area contributed by atoms with E-state index in [0.717, 1.165) is 5.56 Å². The minimum Gasteiger partial charge on any atom is -0.308 e. The van der Waals surface area contributed by atoms with Crippen LogP contribution in [-0.2, 0) is 0 Å². The quantitative estimate of drug-likeness (QED) is 0.475. The lowest BCUT2D eigenvalue weighted by Crippen LogP contribution is -2.19. The van der Waals surface area contributed by atoms with Crippen LogP contribution in [-0.4, -0.2) is 21.8 Å². The van der Waals surface area contributed by atoms with E-state index in [9.17, 15) is 14.0 Å². The number of anilines is 2. The number of carbonyl (C=O) groups is 2. The Morgan fingerprint density at radius 2 is 1.47 bits per heavy atom. The number of hydrogen-bond acceptors (Lipinski definition) is 4. The Morgan fingerprint density at radius 1 is 0.767 bits per heavy atom. The topological polar surface area (TPSA) is 84.0 Å². The van der Waals surface area contributed by atoms with Gasteiger partial charge in [0.25, 0.3) is 0 Å². The highest BCUT2D eigenvalue weighted by molar-refractivity contribution is 6.11. The molecule has 0 radical (unpaired) electrons. The molecule has 0 spiro atoms. The van der Waals surface area contributed by atoms with Gasteiger partial charge in [-0.1, -0.05) is 0 Å². The molecular weight excluding hydrogens is 383 g/mol. The second-order valence-electron chi connectivity index (χ2n) is 6.76. The molecule has 2 amide bonds. The fraction of sp³-hybridized carbons (Fsp3) is 0.0435. The zero-order chi connectivity index (χ0) is 21.1. The number of carbonyl (C=O) groups excluding carboxylic acids is 2. The molecule has 0 saturated carbocycles. The molecule has 3 aromatic carbocycles. The van der Waals surface area contributed by atoms with Gasteiger partial charge in [-0.15, -0.1) is 0 Å². The minimum atomic E-state index is -0.494. The SMILES string of the molecule is Cc1cc(NC(=O)Nc2ccc(F)cc2)cc(C(=O)c2ccc3nccnc3c2)c1. The van der Waals surface area contributed by atoms with Gasteiger partial charge in [0, 0.05) is 34.9 Å². The van der Waals surface area contributed by atoms with Gasteiger partial charge in [-0.3, -0.25) is 14.8 Å². The molecule has 30 heavy (non-hydrogen) atoms.